The van der Waals surface area contributed by atoms with Gasteiger partial charge in [-0.3, -0.25) is 0 Å². The zero-order chi connectivity index (χ0) is 18.0. The highest BCUT2D eigenvalue weighted by atomic mass is 35.5. The van der Waals surface area contributed by atoms with Crippen LogP contribution in [0.2, 0.25) is 15.2 Å². The van der Waals surface area contributed by atoms with Gasteiger partial charge >= 0.3 is 5.97 Å². The van der Waals surface area contributed by atoms with Crippen LogP contribution in [-0.4, -0.2) is 16.1 Å². The van der Waals surface area contributed by atoms with E-state index in [2.05, 4.69) is 10.1 Å². The molecule has 128 valence electrons. The highest BCUT2D eigenvalue weighted by Gasteiger charge is 2.16. The van der Waals surface area contributed by atoms with Gasteiger partial charge in [-0.15, -0.1) is 0 Å². The lowest BCUT2D eigenvalue weighted by Crippen LogP contribution is -2.06. The first kappa shape index (κ1) is 17.7. The molecule has 0 saturated heterocycles. The third-order valence-corrected chi connectivity index (χ3v) is 4.15. The smallest absolute Gasteiger partial charge is 0.341 e. The molecule has 0 radical (unpaired) electrons. The van der Waals surface area contributed by atoms with Gasteiger partial charge < -0.3 is 9.26 Å². The second-order valence-corrected chi connectivity index (χ2v) is 6.43. The lowest BCUT2D eigenvalue weighted by atomic mass is 10.1. The Labute approximate surface area is 158 Å². The fourth-order valence-electron chi connectivity index (χ4n) is 2.12. The molecule has 25 heavy (non-hydrogen) atoms. The third kappa shape index (κ3) is 4.12. The minimum absolute atomic E-state index is 0.0131. The predicted octanol–water partition coefficient (Wildman–Crippen LogP) is 5.36. The van der Waals surface area contributed by atoms with Crippen molar-refractivity contribution in [3.8, 4) is 11.3 Å². The molecule has 2 aromatic heterocycles. The molecule has 3 aromatic rings. The summed E-state index contributed by atoms with van der Waals surface area (Å²) >= 11 is 17.9. The van der Waals surface area contributed by atoms with E-state index in [-0.39, 0.29) is 22.3 Å². The Balaban J connectivity index is 1.71. The molecule has 0 aliphatic rings. The van der Waals surface area contributed by atoms with Gasteiger partial charge in [-0.25, -0.2) is 9.78 Å². The Bertz CT molecular complexity index is 941. The van der Waals surface area contributed by atoms with E-state index >= 15 is 0 Å². The van der Waals surface area contributed by atoms with Crippen LogP contribution in [0.5, 0.6) is 0 Å². The SMILES string of the molecule is Cc1ccc(-c2cc(COC(=O)c3cc(Cl)cnc3Cl)on2)c(Cl)c1. The van der Waals surface area contributed by atoms with Crippen molar-refractivity contribution in [2.45, 2.75) is 13.5 Å². The average molecular weight is 398 g/mol. The Morgan fingerprint density at radius 3 is 2.76 bits per heavy atom. The van der Waals surface area contributed by atoms with Crippen molar-refractivity contribution in [1.82, 2.24) is 10.1 Å². The molecule has 0 amide bonds. The summed E-state index contributed by atoms with van der Waals surface area (Å²) in [7, 11) is 0. The van der Waals surface area contributed by atoms with Crippen molar-refractivity contribution in [1.29, 1.82) is 0 Å². The van der Waals surface area contributed by atoms with E-state index in [1.807, 2.05) is 25.1 Å². The van der Waals surface area contributed by atoms with Gasteiger partial charge in [0, 0.05) is 17.8 Å². The Hall–Kier alpha value is -2.08. The van der Waals surface area contributed by atoms with E-state index < -0.39 is 5.97 Å². The number of hydrogen-bond donors (Lipinski definition) is 0. The number of aryl methyl sites for hydroxylation is 1. The van der Waals surface area contributed by atoms with Crippen LogP contribution in [0.4, 0.5) is 0 Å². The van der Waals surface area contributed by atoms with Crippen molar-refractivity contribution in [3.63, 3.8) is 0 Å². The number of halogens is 3. The maximum atomic E-state index is 12.1. The zero-order valence-corrected chi connectivity index (χ0v) is 15.2. The number of aromatic nitrogens is 2. The zero-order valence-electron chi connectivity index (χ0n) is 12.9. The first-order valence-corrected chi connectivity index (χ1v) is 8.27. The van der Waals surface area contributed by atoms with Crippen LogP contribution in [0, 0.1) is 6.92 Å². The van der Waals surface area contributed by atoms with Gasteiger partial charge in [0.25, 0.3) is 0 Å². The van der Waals surface area contributed by atoms with Crippen molar-refractivity contribution >= 4 is 40.8 Å². The van der Waals surface area contributed by atoms with Crippen LogP contribution in [-0.2, 0) is 11.3 Å². The Kier molecular flexibility index (Phi) is 5.27. The van der Waals surface area contributed by atoms with Gasteiger partial charge in [0.15, 0.2) is 12.4 Å². The summed E-state index contributed by atoms with van der Waals surface area (Å²) in [6.45, 7) is 1.83. The number of benzene rings is 1. The summed E-state index contributed by atoms with van der Waals surface area (Å²) < 4.78 is 10.3. The van der Waals surface area contributed by atoms with Crippen molar-refractivity contribution in [2.75, 3.05) is 0 Å². The molecule has 0 N–H and O–H groups in total. The fourth-order valence-corrected chi connectivity index (χ4v) is 2.79. The van der Waals surface area contributed by atoms with E-state index in [0.717, 1.165) is 11.1 Å². The van der Waals surface area contributed by atoms with Crippen LogP contribution < -0.4 is 0 Å². The van der Waals surface area contributed by atoms with Gasteiger partial charge in [-0.2, -0.15) is 0 Å². The number of nitrogens with zero attached hydrogens (tertiary/aromatic N) is 2. The van der Waals surface area contributed by atoms with Crippen LogP contribution in [0.1, 0.15) is 21.7 Å². The number of hydrogen-bond acceptors (Lipinski definition) is 5. The lowest BCUT2D eigenvalue weighted by molar-refractivity contribution is 0.0437. The number of carbonyl (C=O) groups excluding carboxylic acids is 1. The van der Waals surface area contributed by atoms with Crippen LogP contribution in [0.15, 0.2) is 41.1 Å². The molecule has 0 saturated carbocycles. The molecule has 3 rings (SSSR count). The van der Waals surface area contributed by atoms with Gasteiger partial charge in [-0.05, 0) is 24.6 Å². The molecule has 0 aliphatic heterocycles. The van der Waals surface area contributed by atoms with Crippen LogP contribution in [0.3, 0.4) is 0 Å². The fraction of sp³-hybridized carbons (Fsp3) is 0.118. The molecular formula is C17H11Cl3N2O3. The summed E-state index contributed by atoms with van der Waals surface area (Å²) in [6, 6.07) is 8.64. The molecule has 1 aromatic carbocycles. The average Bonchev–Trinajstić information content (AvgIpc) is 3.03. The summed E-state index contributed by atoms with van der Waals surface area (Å²) in [5, 5.41) is 4.81. The van der Waals surface area contributed by atoms with Crippen molar-refractivity contribution in [2.24, 2.45) is 0 Å². The topological polar surface area (TPSA) is 65.2 Å². The lowest BCUT2D eigenvalue weighted by Gasteiger charge is -2.04. The maximum Gasteiger partial charge on any atom is 0.341 e. The quantitative estimate of drug-likeness (QED) is 0.438. The van der Waals surface area contributed by atoms with Crippen molar-refractivity contribution in [3.05, 3.63) is 68.6 Å². The van der Waals surface area contributed by atoms with E-state index in [4.69, 9.17) is 44.1 Å². The van der Waals surface area contributed by atoms with Crippen molar-refractivity contribution < 1.29 is 14.1 Å². The Morgan fingerprint density at radius 1 is 1.20 bits per heavy atom. The molecule has 2 heterocycles. The van der Waals surface area contributed by atoms with E-state index in [1.165, 1.54) is 12.3 Å². The second kappa shape index (κ2) is 7.44. The molecule has 0 fully saturated rings. The summed E-state index contributed by atoms with van der Waals surface area (Å²) in [4.78, 5) is 15.9. The predicted molar refractivity (Wildman–Crippen MR) is 95.1 cm³/mol. The highest BCUT2D eigenvalue weighted by molar-refractivity contribution is 6.34. The molecule has 5 nitrogen and oxygen atoms in total. The molecule has 0 bridgehead atoms. The van der Waals surface area contributed by atoms with E-state index in [0.29, 0.717) is 16.5 Å². The number of esters is 1. The molecule has 0 aliphatic carbocycles. The number of carbonyl (C=O) groups is 1. The first-order chi connectivity index (χ1) is 11.9. The second-order valence-electron chi connectivity index (χ2n) is 5.23. The summed E-state index contributed by atoms with van der Waals surface area (Å²) in [6.07, 6.45) is 1.34. The number of ether oxygens (including phenoxy) is 1. The highest BCUT2D eigenvalue weighted by Crippen LogP contribution is 2.28. The molecule has 0 unspecified atom stereocenters. The molecule has 0 spiro atoms. The molecular weight excluding hydrogens is 387 g/mol. The monoisotopic (exact) mass is 396 g/mol. The number of pyridine rings is 1. The Morgan fingerprint density at radius 2 is 2.00 bits per heavy atom. The summed E-state index contributed by atoms with van der Waals surface area (Å²) in [5.41, 5.74) is 2.41. The first-order valence-electron chi connectivity index (χ1n) is 7.14. The third-order valence-electron chi connectivity index (χ3n) is 3.33. The minimum atomic E-state index is -0.661. The maximum absolute atomic E-state index is 12.1. The minimum Gasteiger partial charge on any atom is -0.454 e. The number of rotatable bonds is 4. The van der Waals surface area contributed by atoms with E-state index in [1.54, 1.807) is 6.07 Å². The van der Waals surface area contributed by atoms with Gasteiger partial charge in [0.2, 0.25) is 0 Å². The normalized spacial score (nSPS) is 10.7. The summed E-state index contributed by atoms with van der Waals surface area (Å²) in [5.74, 6) is -0.294. The van der Waals surface area contributed by atoms with Crippen LogP contribution in [0.25, 0.3) is 11.3 Å². The van der Waals surface area contributed by atoms with Gasteiger partial charge in [-0.1, -0.05) is 52.1 Å². The van der Waals surface area contributed by atoms with Crippen LogP contribution >= 0.6 is 34.8 Å². The molecule has 8 heteroatoms. The standard InChI is InChI=1S/C17H11Cl3N2O3/c1-9-2-3-12(14(19)4-9)15-6-11(25-22-15)8-24-17(23)13-5-10(18)7-21-16(13)20/h2-7H,8H2,1H3. The largest absolute Gasteiger partial charge is 0.454 e. The van der Waals surface area contributed by atoms with Gasteiger partial charge in [0.1, 0.15) is 10.8 Å². The molecule has 0 atom stereocenters. The van der Waals surface area contributed by atoms with E-state index in [9.17, 15) is 4.79 Å². The van der Waals surface area contributed by atoms with Gasteiger partial charge in [0.05, 0.1) is 15.6 Å².